The molecule has 1 aliphatic heterocycles. The molecule has 0 amide bonds. The Kier molecular flexibility index (Phi) is 3.85. The summed E-state index contributed by atoms with van der Waals surface area (Å²) in [6.45, 7) is 2.27. The number of aromatic nitrogens is 3. The van der Waals surface area contributed by atoms with Crippen molar-refractivity contribution in [2.24, 2.45) is 7.05 Å². The molecule has 0 spiro atoms. The minimum absolute atomic E-state index is 0. The second-order valence-electron chi connectivity index (χ2n) is 6.10. The lowest BCUT2D eigenvalue weighted by Gasteiger charge is -2.12. The maximum absolute atomic E-state index is 5.49. The van der Waals surface area contributed by atoms with E-state index in [2.05, 4.69) is 16.5 Å². The Labute approximate surface area is 156 Å². The zero-order chi connectivity index (χ0) is 17.0. The van der Waals surface area contributed by atoms with Crippen LogP contribution in [-0.2, 0) is 7.05 Å². The number of pyridine rings is 1. The fourth-order valence-corrected chi connectivity index (χ4v) is 3.35. The van der Waals surface area contributed by atoms with E-state index in [1.54, 1.807) is 0 Å². The molecule has 0 bridgehead atoms. The van der Waals surface area contributed by atoms with E-state index < -0.39 is 0 Å². The lowest BCUT2D eigenvalue weighted by molar-refractivity contribution is 0.174. The second-order valence-corrected chi connectivity index (χ2v) is 6.10. The zero-order valence-electron chi connectivity index (χ0n) is 14.3. The third kappa shape index (κ3) is 2.42. The average molecular weight is 369 g/mol. The van der Waals surface area contributed by atoms with Crippen LogP contribution in [0.15, 0.2) is 42.5 Å². The van der Waals surface area contributed by atoms with Gasteiger partial charge in [0.05, 0.1) is 22.3 Å². The molecule has 7 heteroatoms. The Balaban J connectivity index is 0.00000168. The molecule has 1 N–H and O–H groups in total. The number of anilines is 2. The summed E-state index contributed by atoms with van der Waals surface area (Å²) in [6.07, 6.45) is 0. The summed E-state index contributed by atoms with van der Waals surface area (Å²) < 4.78 is 12.7. The Bertz CT molecular complexity index is 1140. The zero-order valence-corrected chi connectivity index (χ0v) is 15.1. The van der Waals surface area contributed by atoms with Crippen molar-refractivity contribution in [1.29, 1.82) is 0 Å². The van der Waals surface area contributed by atoms with E-state index in [1.165, 1.54) is 0 Å². The van der Waals surface area contributed by atoms with Crippen LogP contribution in [0.25, 0.3) is 21.9 Å². The minimum atomic E-state index is 0. The quantitative estimate of drug-likeness (QED) is 0.570. The van der Waals surface area contributed by atoms with Gasteiger partial charge in [0.1, 0.15) is 0 Å². The SMILES string of the molecule is Cc1nn(C)c2nc3ccccc3c(Nc3ccc4c(c3)OCO4)c12.Cl. The van der Waals surface area contributed by atoms with Crippen LogP contribution < -0.4 is 14.8 Å². The molecule has 2 aromatic heterocycles. The molecule has 4 aromatic rings. The van der Waals surface area contributed by atoms with Crippen molar-refractivity contribution < 1.29 is 9.47 Å². The summed E-state index contributed by atoms with van der Waals surface area (Å²) >= 11 is 0. The molecule has 3 heterocycles. The van der Waals surface area contributed by atoms with Gasteiger partial charge in [-0.15, -0.1) is 12.4 Å². The normalized spacial score (nSPS) is 12.4. The Morgan fingerprint density at radius 2 is 1.88 bits per heavy atom. The fourth-order valence-electron chi connectivity index (χ4n) is 3.35. The van der Waals surface area contributed by atoms with Gasteiger partial charge in [-0.1, -0.05) is 18.2 Å². The number of fused-ring (bicyclic) bond motifs is 3. The van der Waals surface area contributed by atoms with Crippen LogP contribution in [0.1, 0.15) is 5.69 Å². The molecule has 132 valence electrons. The highest BCUT2D eigenvalue weighted by Gasteiger charge is 2.17. The molecule has 1 aliphatic rings. The van der Waals surface area contributed by atoms with E-state index in [0.717, 1.165) is 50.5 Å². The number of nitrogens with zero attached hydrogens (tertiary/aromatic N) is 3. The number of hydrogen-bond donors (Lipinski definition) is 1. The molecular weight excluding hydrogens is 352 g/mol. The number of aryl methyl sites for hydroxylation is 2. The molecule has 0 atom stereocenters. The van der Waals surface area contributed by atoms with Crippen molar-refractivity contribution in [3.05, 3.63) is 48.2 Å². The number of nitrogens with one attached hydrogen (secondary N) is 1. The van der Waals surface area contributed by atoms with E-state index in [-0.39, 0.29) is 19.2 Å². The largest absolute Gasteiger partial charge is 0.454 e. The van der Waals surface area contributed by atoms with Crippen LogP contribution in [-0.4, -0.2) is 21.6 Å². The molecule has 0 fully saturated rings. The third-order valence-electron chi connectivity index (χ3n) is 4.48. The molecule has 2 aromatic carbocycles. The Morgan fingerprint density at radius 1 is 1.08 bits per heavy atom. The molecule has 0 saturated carbocycles. The molecule has 6 nitrogen and oxygen atoms in total. The summed E-state index contributed by atoms with van der Waals surface area (Å²) in [4.78, 5) is 4.77. The smallest absolute Gasteiger partial charge is 0.231 e. The Hall–Kier alpha value is -2.99. The summed E-state index contributed by atoms with van der Waals surface area (Å²) in [7, 11) is 1.92. The first-order valence-corrected chi connectivity index (χ1v) is 8.09. The molecule has 0 unspecified atom stereocenters. The van der Waals surface area contributed by atoms with Crippen LogP contribution in [0.3, 0.4) is 0 Å². The number of benzene rings is 2. The lowest BCUT2D eigenvalue weighted by atomic mass is 10.1. The summed E-state index contributed by atoms with van der Waals surface area (Å²) in [5, 5.41) is 10.2. The van der Waals surface area contributed by atoms with E-state index >= 15 is 0 Å². The van der Waals surface area contributed by atoms with Crippen molar-refractivity contribution in [1.82, 2.24) is 14.8 Å². The van der Waals surface area contributed by atoms with Gasteiger partial charge in [0.25, 0.3) is 0 Å². The van der Waals surface area contributed by atoms with Gasteiger partial charge in [0.15, 0.2) is 17.1 Å². The monoisotopic (exact) mass is 368 g/mol. The number of ether oxygens (including phenoxy) is 2. The van der Waals surface area contributed by atoms with Crippen LogP contribution in [0, 0.1) is 6.92 Å². The van der Waals surface area contributed by atoms with Crippen molar-refractivity contribution in [2.75, 3.05) is 12.1 Å². The van der Waals surface area contributed by atoms with Crippen LogP contribution in [0.5, 0.6) is 11.5 Å². The summed E-state index contributed by atoms with van der Waals surface area (Å²) in [6, 6.07) is 14.0. The Morgan fingerprint density at radius 3 is 2.77 bits per heavy atom. The first-order valence-electron chi connectivity index (χ1n) is 8.09. The molecular formula is C19H17ClN4O2. The number of rotatable bonds is 2. The minimum Gasteiger partial charge on any atom is -0.454 e. The van der Waals surface area contributed by atoms with Gasteiger partial charge >= 0.3 is 0 Å². The molecule has 0 aliphatic carbocycles. The number of hydrogen-bond acceptors (Lipinski definition) is 5. The number of para-hydroxylation sites is 1. The van der Waals surface area contributed by atoms with Gasteiger partial charge in [-0.25, -0.2) is 4.98 Å². The standard InChI is InChI=1S/C19H16N4O2.ClH/c1-11-17-18(20-12-7-8-15-16(9-12)25-10-24-15)13-5-3-4-6-14(13)21-19(17)23(2)22-11;/h3-9H,10H2,1-2H3,(H,20,21);1H. The predicted octanol–water partition coefficient (Wildman–Crippen LogP) is 4.32. The van der Waals surface area contributed by atoms with Crippen LogP contribution >= 0.6 is 12.4 Å². The van der Waals surface area contributed by atoms with E-state index in [0.29, 0.717) is 0 Å². The van der Waals surface area contributed by atoms with Crippen molar-refractivity contribution in [3.8, 4) is 11.5 Å². The van der Waals surface area contributed by atoms with E-state index in [4.69, 9.17) is 14.5 Å². The first kappa shape index (κ1) is 16.5. The van der Waals surface area contributed by atoms with Gasteiger partial charge in [0.2, 0.25) is 6.79 Å². The predicted molar refractivity (Wildman–Crippen MR) is 104 cm³/mol. The highest BCUT2D eigenvalue weighted by molar-refractivity contribution is 6.08. The maximum Gasteiger partial charge on any atom is 0.231 e. The topological polar surface area (TPSA) is 61.2 Å². The van der Waals surface area contributed by atoms with Crippen molar-refractivity contribution in [3.63, 3.8) is 0 Å². The van der Waals surface area contributed by atoms with Gasteiger partial charge in [0, 0.05) is 24.2 Å². The van der Waals surface area contributed by atoms with Gasteiger partial charge in [-0.2, -0.15) is 5.10 Å². The summed E-state index contributed by atoms with van der Waals surface area (Å²) in [5.41, 5.74) is 4.68. The van der Waals surface area contributed by atoms with Crippen LogP contribution in [0.4, 0.5) is 11.4 Å². The lowest BCUT2D eigenvalue weighted by Crippen LogP contribution is -1.97. The van der Waals surface area contributed by atoms with Crippen molar-refractivity contribution in [2.45, 2.75) is 6.92 Å². The third-order valence-corrected chi connectivity index (χ3v) is 4.48. The van der Waals surface area contributed by atoms with Crippen LogP contribution in [0.2, 0.25) is 0 Å². The fraction of sp³-hybridized carbons (Fsp3) is 0.158. The van der Waals surface area contributed by atoms with Crippen molar-refractivity contribution >= 4 is 45.7 Å². The molecule has 5 rings (SSSR count). The maximum atomic E-state index is 5.49. The van der Waals surface area contributed by atoms with E-state index in [1.807, 2.05) is 55.1 Å². The first-order chi connectivity index (χ1) is 12.2. The van der Waals surface area contributed by atoms with Gasteiger partial charge < -0.3 is 14.8 Å². The van der Waals surface area contributed by atoms with E-state index in [9.17, 15) is 0 Å². The molecule has 0 radical (unpaired) electrons. The second kappa shape index (κ2) is 6.07. The average Bonchev–Trinajstić information content (AvgIpc) is 3.19. The highest BCUT2D eigenvalue weighted by atomic mass is 35.5. The molecule has 0 saturated heterocycles. The van der Waals surface area contributed by atoms with Gasteiger partial charge in [-0.05, 0) is 25.1 Å². The van der Waals surface area contributed by atoms with Gasteiger partial charge in [-0.3, -0.25) is 4.68 Å². The molecule has 26 heavy (non-hydrogen) atoms. The number of halogens is 1. The highest BCUT2D eigenvalue weighted by Crippen LogP contribution is 2.38. The summed E-state index contributed by atoms with van der Waals surface area (Å²) in [5.74, 6) is 1.52.